The quantitative estimate of drug-likeness (QED) is 0.446. The lowest BCUT2D eigenvalue weighted by Crippen LogP contribution is -2.46. The number of nitro benzene ring substituents is 1. The van der Waals surface area contributed by atoms with Crippen LogP contribution >= 0.6 is 0 Å². The van der Waals surface area contributed by atoms with Gasteiger partial charge in [-0.05, 0) is 18.9 Å². The van der Waals surface area contributed by atoms with Gasteiger partial charge < -0.3 is 0 Å². The monoisotopic (exact) mass is 378 g/mol. The molecule has 0 saturated heterocycles. The Morgan fingerprint density at radius 3 is 2.42 bits per heavy atom. The van der Waals surface area contributed by atoms with Crippen molar-refractivity contribution in [2.75, 3.05) is 6.26 Å². The molecule has 1 saturated carbocycles. The van der Waals surface area contributed by atoms with Crippen LogP contribution in [-0.2, 0) is 24.3 Å². The summed E-state index contributed by atoms with van der Waals surface area (Å²) in [5.74, 6) is 0. The molecule has 0 bridgehead atoms. The minimum atomic E-state index is -4.19. The van der Waals surface area contributed by atoms with E-state index in [9.17, 15) is 26.9 Å². The van der Waals surface area contributed by atoms with Gasteiger partial charge in [-0.25, -0.2) is 13.1 Å². The molecule has 1 aromatic rings. The number of hydrogen-bond acceptors (Lipinski definition) is 7. The maximum Gasteiger partial charge on any atom is 0.289 e. The smallest absolute Gasteiger partial charge is 0.265 e. The SMILES string of the molecule is CS(=O)(=O)O[C@@H]1CCCC[C@H]1NS(=O)(=O)c1ccccc1[N+](=O)[O-]. The molecule has 9 nitrogen and oxygen atoms in total. The molecule has 0 heterocycles. The highest BCUT2D eigenvalue weighted by Gasteiger charge is 2.34. The Balaban J connectivity index is 2.29. The van der Waals surface area contributed by atoms with E-state index >= 15 is 0 Å². The molecular formula is C13H18N2O7S2. The number of nitrogens with one attached hydrogen (secondary N) is 1. The maximum absolute atomic E-state index is 12.5. The number of hydrogen-bond donors (Lipinski definition) is 1. The van der Waals surface area contributed by atoms with Gasteiger partial charge in [0.2, 0.25) is 10.0 Å². The largest absolute Gasteiger partial charge is 0.289 e. The lowest BCUT2D eigenvalue weighted by Gasteiger charge is -2.30. The zero-order valence-corrected chi connectivity index (χ0v) is 14.5. The van der Waals surface area contributed by atoms with Gasteiger partial charge in [-0.15, -0.1) is 0 Å². The average Bonchev–Trinajstić information content (AvgIpc) is 2.47. The highest BCUT2D eigenvalue weighted by molar-refractivity contribution is 7.89. The molecule has 0 spiro atoms. The lowest BCUT2D eigenvalue weighted by atomic mass is 9.93. The summed E-state index contributed by atoms with van der Waals surface area (Å²) in [5.41, 5.74) is -0.540. The summed E-state index contributed by atoms with van der Waals surface area (Å²) < 4.78 is 55.0. The Morgan fingerprint density at radius 2 is 1.79 bits per heavy atom. The summed E-state index contributed by atoms with van der Waals surface area (Å²) in [7, 11) is -7.93. The molecule has 0 radical (unpaired) electrons. The van der Waals surface area contributed by atoms with Crippen LogP contribution in [0.4, 0.5) is 5.69 Å². The van der Waals surface area contributed by atoms with E-state index in [0.29, 0.717) is 25.7 Å². The van der Waals surface area contributed by atoms with E-state index in [-0.39, 0.29) is 0 Å². The van der Waals surface area contributed by atoms with E-state index in [1.54, 1.807) is 0 Å². The standard InChI is InChI=1S/C13H18N2O7S2/c1-23(18,19)22-12-8-4-2-6-10(12)14-24(20,21)13-9-5-3-7-11(13)15(16)17/h3,5,7,9-10,12,14H,2,4,6,8H2,1H3/t10-,12-/m1/s1. The third-order valence-corrected chi connectivity index (χ3v) is 5.79. The molecule has 2 atom stereocenters. The molecule has 24 heavy (non-hydrogen) atoms. The van der Waals surface area contributed by atoms with Crippen molar-refractivity contribution in [1.82, 2.24) is 4.72 Å². The van der Waals surface area contributed by atoms with Gasteiger partial charge in [0.05, 0.1) is 17.3 Å². The molecule has 1 fully saturated rings. The number of nitro groups is 1. The molecule has 11 heteroatoms. The second-order valence-electron chi connectivity index (χ2n) is 5.58. The highest BCUT2D eigenvalue weighted by atomic mass is 32.2. The molecule has 1 aromatic carbocycles. The summed E-state index contributed by atoms with van der Waals surface area (Å²) in [6.45, 7) is 0. The average molecular weight is 378 g/mol. The molecule has 0 aliphatic heterocycles. The number of para-hydroxylation sites is 1. The van der Waals surface area contributed by atoms with Crippen LogP contribution in [-0.4, -0.2) is 40.2 Å². The number of benzene rings is 1. The van der Waals surface area contributed by atoms with Crippen molar-refractivity contribution in [3.8, 4) is 0 Å². The number of nitrogens with zero attached hydrogens (tertiary/aromatic N) is 1. The normalized spacial score (nSPS) is 22.2. The first kappa shape index (κ1) is 18.8. The topological polar surface area (TPSA) is 133 Å². The molecular weight excluding hydrogens is 360 g/mol. The van der Waals surface area contributed by atoms with Crippen LogP contribution in [0, 0.1) is 10.1 Å². The molecule has 1 aliphatic carbocycles. The Hall–Kier alpha value is -1.56. The van der Waals surface area contributed by atoms with Gasteiger partial charge in [0.1, 0.15) is 0 Å². The van der Waals surface area contributed by atoms with Crippen molar-refractivity contribution in [3.05, 3.63) is 34.4 Å². The molecule has 0 aromatic heterocycles. The highest BCUT2D eigenvalue weighted by Crippen LogP contribution is 2.27. The van der Waals surface area contributed by atoms with Crippen molar-refractivity contribution in [2.24, 2.45) is 0 Å². The molecule has 2 rings (SSSR count). The fourth-order valence-corrected chi connectivity index (χ4v) is 4.82. The second kappa shape index (κ2) is 7.13. The van der Waals surface area contributed by atoms with Crippen LogP contribution in [0.15, 0.2) is 29.2 Å². The van der Waals surface area contributed by atoms with Crippen molar-refractivity contribution >= 4 is 25.8 Å². The first-order valence-electron chi connectivity index (χ1n) is 7.24. The van der Waals surface area contributed by atoms with Gasteiger partial charge in [-0.2, -0.15) is 8.42 Å². The maximum atomic E-state index is 12.5. The summed E-state index contributed by atoms with van der Waals surface area (Å²) in [6.07, 6.45) is 2.26. The minimum absolute atomic E-state index is 0.386. The fourth-order valence-electron chi connectivity index (χ4n) is 2.67. The van der Waals surface area contributed by atoms with Gasteiger partial charge in [-0.1, -0.05) is 25.0 Å². The zero-order chi connectivity index (χ0) is 18.0. The Morgan fingerprint density at radius 1 is 1.17 bits per heavy atom. The van der Waals surface area contributed by atoms with Crippen molar-refractivity contribution < 1.29 is 25.9 Å². The van der Waals surface area contributed by atoms with Gasteiger partial charge in [-0.3, -0.25) is 14.3 Å². The summed E-state index contributed by atoms with van der Waals surface area (Å²) in [5, 5.41) is 11.0. The first-order valence-corrected chi connectivity index (χ1v) is 10.5. The van der Waals surface area contributed by atoms with E-state index in [4.69, 9.17) is 4.18 Å². The van der Waals surface area contributed by atoms with Gasteiger partial charge in [0.15, 0.2) is 4.90 Å². The van der Waals surface area contributed by atoms with Crippen LogP contribution in [0.1, 0.15) is 25.7 Å². The number of rotatable bonds is 6. The molecule has 0 amide bonds. The zero-order valence-electron chi connectivity index (χ0n) is 12.9. The van der Waals surface area contributed by atoms with Crippen molar-refractivity contribution in [2.45, 2.75) is 42.7 Å². The van der Waals surface area contributed by atoms with Gasteiger partial charge >= 0.3 is 0 Å². The van der Waals surface area contributed by atoms with Crippen LogP contribution < -0.4 is 4.72 Å². The molecule has 134 valence electrons. The molecule has 1 aliphatic rings. The summed E-state index contributed by atoms with van der Waals surface area (Å²) in [4.78, 5) is 9.78. The predicted molar refractivity (Wildman–Crippen MR) is 85.4 cm³/mol. The molecule has 0 unspecified atom stereocenters. The van der Waals surface area contributed by atoms with Crippen LogP contribution in [0.3, 0.4) is 0 Å². The van der Waals surface area contributed by atoms with Gasteiger partial charge in [0, 0.05) is 12.1 Å². The minimum Gasteiger partial charge on any atom is -0.265 e. The van der Waals surface area contributed by atoms with Gasteiger partial charge in [0.25, 0.3) is 15.8 Å². The third kappa shape index (κ3) is 4.72. The fraction of sp³-hybridized carbons (Fsp3) is 0.538. The van der Waals surface area contributed by atoms with Crippen molar-refractivity contribution in [3.63, 3.8) is 0 Å². The molecule has 1 N–H and O–H groups in total. The van der Waals surface area contributed by atoms with E-state index < -0.39 is 47.8 Å². The third-order valence-electron chi connectivity index (χ3n) is 3.66. The van der Waals surface area contributed by atoms with Crippen LogP contribution in [0.2, 0.25) is 0 Å². The Kier molecular flexibility index (Phi) is 5.58. The second-order valence-corrected chi connectivity index (χ2v) is 8.86. The van der Waals surface area contributed by atoms with E-state index in [0.717, 1.165) is 18.4 Å². The van der Waals surface area contributed by atoms with Crippen molar-refractivity contribution in [1.29, 1.82) is 0 Å². The van der Waals surface area contributed by atoms with Crippen LogP contribution in [0.25, 0.3) is 0 Å². The lowest BCUT2D eigenvalue weighted by molar-refractivity contribution is -0.387. The van der Waals surface area contributed by atoms with Crippen LogP contribution in [0.5, 0.6) is 0 Å². The first-order chi connectivity index (χ1) is 11.1. The van der Waals surface area contributed by atoms with E-state index in [1.165, 1.54) is 12.1 Å². The Labute approximate surface area is 140 Å². The van der Waals surface area contributed by atoms with E-state index in [1.807, 2.05) is 0 Å². The summed E-state index contributed by atoms with van der Waals surface area (Å²) in [6, 6.07) is 4.22. The van der Waals surface area contributed by atoms with E-state index in [2.05, 4.69) is 4.72 Å². The predicted octanol–water partition coefficient (Wildman–Crippen LogP) is 1.16. The number of sulfonamides is 1. The summed E-state index contributed by atoms with van der Waals surface area (Å²) >= 11 is 0. The Bertz CT molecular complexity index is 820.